The Balaban J connectivity index is 1.81. The number of phenols is 1. The smallest absolute Gasteiger partial charge is 0.342 e. The number of phenolic OH excluding ortho intramolecular Hbond substituents is 1. The van der Waals surface area contributed by atoms with Gasteiger partial charge in [-0.2, -0.15) is 0 Å². The maximum Gasteiger partial charge on any atom is 0.342 e. The van der Waals surface area contributed by atoms with Gasteiger partial charge in [-0.05, 0) is 30.9 Å². The number of aromatic hydroxyl groups is 1. The van der Waals surface area contributed by atoms with Gasteiger partial charge in [-0.25, -0.2) is 4.79 Å². The predicted octanol–water partition coefficient (Wildman–Crippen LogP) is 2.24. The maximum atomic E-state index is 11.8. The normalized spacial score (nSPS) is 21.6. The molecule has 5 nitrogen and oxygen atoms in total. The molecule has 0 unspecified atom stereocenters. The molecule has 0 heterocycles. The van der Waals surface area contributed by atoms with Crippen LogP contribution in [0.4, 0.5) is 0 Å². The minimum absolute atomic E-state index is 0.0661. The lowest BCUT2D eigenvalue weighted by molar-refractivity contribution is -0.125. The molecule has 114 valence electrons. The molecule has 0 aliphatic heterocycles. The van der Waals surface area contributed by atoms with Crippen LogP contribution in [0.25, 0.3) is 0 Å². The van der Waals surface area contributed by atoms with Crippen molar-refractivity contribution < 1.29 is 19.4 Å². The molecule has 0 radical (unpaired) electrons. The van der Waals surface area contributed by atoms with Crippen molar-refractivity contribution in [2.45, 2.75) is 38.6 Å². The third-order valence-electron chi connectivity index (χ3n) is 3.92. The average molecular weight is 291 g/mol. The fraction of sp³-hybridized carbons (Fsp3) is 0.500. The van der Waals surface area contributed by atoms with Crippen LogP contribution >= 0.6 is 0 Å². The fourth-order valence-corrected chi connectivity index (χ4v) is 2.63. The summed E-state index contributed by atoms with van der Waals surface area (Å²) in [5.41, 5.74) is 0.0661. The zero-order valence-corrected chi connectivity index (χ0v) is 12.2. The first-order valence-corrected chi connectivity index (χ1v) is 7.32. The highest BCUT2D eigenvalue weighted by Gasteiger charge is 2.23. The van der Waals surface area contributed by atoms with E-state index in [0.29, 0.717) is 5.92 Å². The van der Waals surface area contributed by atoms with Gasteiger partial charge in [0.1, 0.15) is 11.3 Å². The second-order valence-electron chi connectivity index (χ2n) is 5.53. The number of carbonyl (C=O) groups is 2. The Hall–Kier alpha value is -2.04. The molecule has 2 rings (SSSR count). The molecule has 1 aromatic rings. The molecule has 0 spiro atoms. The molecule has 5 heteroatoms. The number of esters is 1. The number of rotatable bonds is 4. The van der Waals surface area contributed by atoms with E-state index in [-0.39, 0.29) is 29.9 Å². The SMILES string of the molecule is C[C@H]1CCCC[C@@H]1NC(=O)COC(=O)c1ccccc1O. The largest absolute Gasteiger partial charge is 0.507 e. The quantitative estimate of drug-likeness (QED) is 0.834. The molecular weight excluding hydrogens is 270 g/mol. The van der Waals surface area contributed by atoms with Gasteiger partial charge in [0.15, 0.2) is 6.61 Å². The molecule has 1 fully saturated rings. The van der Waals surface area contributed by atoms with Gasteiger partial charge in [0.25, 0.3) is 5.91 Å². The minimum atomic E-state index is -0.694. The standard InChI is InChI=1S/C16H21NO4/c1-11-6-2-4-8-13(11)17-15(19)10-21-16(20)12-7-3-5-9-14(12)18/h3,5,7,9,11,13,18H,2,4,6,8,10H2,1H3,(H,17,19)/t11-,13-/m0/s1. The second-order valence-corrected chi connectivity index (χ2v) is 5.53. The van der Waals surface area contributed by atoms with Crippen LogP contribution in [0.3, 0.4) is 0 Å². The van der Waals surface area contributed by atoms with E-state index in [4.69, 9.17) is 4.74 Å². The predicted molar refractivity (Wildman–Crippen MR) is 78.0 cm³/mol. The first-order chi connectivity index (χ1) is 10.1. The summed E-state index contributed by atoms with van der Waals surface area (Å²) in [5.74, 6) is -0.683. The summed E-state index contributed by atoms with van der Waals surface area (Å²) in [6.07, 6.45) is 4.41. The molecular formula is C16H21NO4. The van der Waals surface area contributed by atoms with Crippen LogP contribution in [-0.4, -0.2) is 29.6 Å². The van der Waals surface area contributed by atoms with Crippen LogP contribution < -0.4 is 5.32 Å². The average Bonchev–Trinajstić information content (AvgIpc) is 2.48. The lowest BCUT2D eigenvalue weighted by Gasteiger charge is -2.29. The van der Waals surface area contributed by atoms with E-state index in [1.807, 2.05) is 0 Å². The van der Waals surface area contributed by atoms with Crippen LogP contribution in [0.2, 0.25) is 0 Å². The van der Waals surface area contributed by atoms with Crippen molar-refractivity contribution in [1.29, 1.82) is 0 Å². The van der Waals surface area contributed by atoms with E-state index in [9.17, 15) is 14.7 Å². The molecule has 1 aliphatic carbocycles. The minimum Gasteiger partial charge on any atom is -0.507 e. The third-order valence-corrected chi connectivity index (χ3v) is 3.92. The molecule has 2 atom stereocenters. The highest BCUT2D eigenvalue weighted by Crippen LogP contribution is 2.23. The lowest BCUT2D eigenvalue weighted by atomic mass is 9.86. The maximum absolute atomic E-state index is 11.8. The number of para-hydroxylation sites is 1. The van der Waals surface area contributed by atoms with Gasteiger partial charge in [0, 0.05) is 6.04 Å². The Labute approximate surface area is 124 Å². The molecule has 1 saturated carbocycles. The van der Waals surface area contributed by atoms with Gasteiger partial charge in [-0.15, -0.1) is 0 Å². The van der Waals surface area contributed by atoms with E-state index in [1.165, 1.54) is 18.6 Å². The van der Waals surface area contributed by atoms with Crippen molar-refractivity contribution in [3.8, 4) is 5.75 Å². The van der Waals surface area contributed by atoms with Crippen LogP contribution in [0.1, 0.15) is 43.0 Å². The number of hydrogen-bond acceptors (Lipinski definition) is 4. The number of amides is 1. The summed E-state index contributed by atoms with van der Waals surface area (Å²) in [6, 6.07) is 6.26. The molecule has 0 aromatic heterocycles. The molecule has 1 aromatic carbocycles. The van der Waals surface area contributed by atoms with Gasteiger partial charge in [-0.3, -0.25) is 4.79 Å². The summed E-state index contributed by atoms with van der Waals surface area (Å²) in [7, 11) is 0. The summed E-state index contributed by atoms with van der Waals surface area (Å²) >= 11 is 0. The van der Waals surface area contributed by atoms with Crippen molar-refractivity contribution in [3.05, 3.63) is 29.8 Å². The lowest BCUT2D eigenvalue weighted by Crippen LogP contribution is -2.42. The summed E-state index contributed by atoms with van der Waals surface area (Å²) in [5, 5.41) is 12.5. The fourth-order valence-electron chi connectivity index (χ4n) is 2.63. The molecule has 1 amide bonds. The third kappa shape index (κ3) is 4.21. The Bertz CT molecular complexity index is 515. The van der Waals surface area contributed by atoms with Crippen LogP contribution in [0, 0.1) is 5.92 Å². The van der Waals surface area contributed by atoms with Crippen molar-refractivity contribution >= 4 is 11.9 Å². The van der Waals surface area contributed by atoms with Crippen LogP contribution in [-0.2, 0) is 9.53 Å². The molecule has 21 heavy (non-hydrogen) atoms. The number of ether oxygens (including phenoxy) is 1. The molecule has 0 bridgehead atoms. The van der Waals surface area contributed by atoms with Crippen molar-refractivity contribution in [2.24, 2.45) is 5.92 Å². The van der Waals surface area contributed by atoms with Gasteiger partial charge in [-0.1, -0.05) is 31.9 Å². The van der Waals surface area contributed by atoms with Gasteiger partial charge < -0.3 is 15.2 Å². The number of carbonyl (C=O) groups excluding carboxylic acids is 2. The van der Waals surface area contributed by atoms with Gasteiger partial charge in [0.2, 0.25) is 0 Å². The molecule has 0 saturated heterocycles. The Morgan fingerprint density at radius 1 is 1.29 bits per heavy atom. The van der Waals surface area contributed by atoms with Crippen molar-refractivity contribution in [3.63, 3.8) is 0 Å². The first-order valence-electron chi connectivity index (χ1n) is 7.32. The molecule has 2 N–H and O–H groups in total. The highest BCUT2D eigenvalue weighted by atomic mass is 16.5. The number of nitrogens with one attached hydrogen (secondary N) is 1. The van der Waals surface area contributed by atoms with E-state index < -0.39 is 5.97 Å². The van der Waals surface area contributed by atoms with Gasteiger partial charge in [0.05, 0.1) is 0 Å². The summed E-state index contributed by atoms with van der Waals surface area (Å²) in [4.78, 5) is 23.6. The van der Waals surface area contributed by atoms with E-state index >= 15 is 0 Å². The summed E-state index contributed by atoms with van der Waals surface area (Å²) < 4.78 is 4.94. The zero-order valence-electron chi connectivity index (χ0n) is 12.2. The Kier molecular flexibility index (Phi) is 5.20. The van der Waals surface area contributed by atoms with Crippen LogP contribution in [0.15, 0.2) is 24.3 Å². The Morgan fingerprint density at radius 3 is 2.71 bits per heavy atom. The van der Waals surface area contributed by atoms with Crippen LogP contribution in [0.5, 0.6) is 5.75 Å². The van der Waals surface area contributed by atoms with Crippen molar-refractivity contribution in [2.75, 3.05) is 6.61 Å². The Morgan fingerprint density at radius 2 is 2.00 bits per heavy atom. The first kappa shape index (κ1) is 15.4. The number of benzene rings is 1. The van der Waals surface area contributed by atoms with Gasteiger partial charge >= 0.3 is 5.97 Å². The summed E-state index contributed by atoms with van der Waals surface area (Å²) in [6.45, 7) is 1.80. The highest BCUT2D eigenvalue weighted by molar-refractivity contribution is 5.93. The van der Waals surface area contributed by atoms with Crippen molar-refractivity contribution in [1.82, 2.24) is 5.32 Å². The van der Waals surface area contributed by atoms with E-state index in [0.717, 1.165) is 19.3 Å². The zero-order chi connectivity index (χ0) is 15.2. The van der Waals surface area contributed by atoms with E-state index in [1.54, 1.807) is 12.1 Å². The number of hydrogen-bond donors (Lipinski definition) is 2. The second kappa shape index (κ2) is 7.11. The monoisotopic (exact) mass is 291 g/mol. The molecule has 1 aliphatic rings. The topological polar surface area (TPSA) is 75.6 Å². The van der Waals surface area contributed by atoms with E-state index in [2.05, 4.69) is 12.2 Å².